The highest BCUT2D eigenvalue weighted by atomic mass is 16.5. The number of piperidine rings is 1. The van der Waals surface area contributed by atoms with Crippen LogP contribution in [-0.2, 0) is 4.79 Å². The van der Waals surface area contributed by atoms with E-state index < -0.39 is 0 Å². The third kappa shape index (κ3) is 3.40. The van der Waals surface area contributed by atoms with Gasteiger partial charge in [0.1, 0.15) is 0 Å². The second kappa shape index (κ2) is 7.57. The van der Waals surface area contributed by atoms with Crippen LogP contribution < -0.4 is 4.90 Å². The number of hydrogen-bond acceptors (Lipinski definition) is 5. The Morgan fingerprint density at radius 1 is 0.964 bits per heavy atom. The molecule has 2 saturated heterocycles. The van der Waals surface area contributed by atoms with Crippen LogP contribution >= 0.6 is 0 Å². The normalized spacial score (nSPS) is 23.7. The number of rotatable bonds is 4. The first kappa shape index (κ1) is 17.7. The molecule has 1 aromatic carbocycles. The highest BCUT2D eigenvalue weighted by Gasteiger charge is 2.38. The Hall–Kier alpha value is -2.37. The van der Waals surface area contributed by atoms with E-state index in [0.29, 0.717) is 24.2 Å². The summed E-state index contributed by atoms with van der Waals surface area (Å²) in [5.74, 6) is 1.49. The fourth-order valence-corrected chi connectivity index (χ4v) is 4.96. The Balaban J connectivity index is 1.27. The zero-order valence-electron chi connectivity index (χ0n) is 16.3. The minimum Gasteiger partial charge on any atom is -0.372 e. The average Bonchev–Trinajstić information content (AvgIpc) is 3.49. The van der Waals surface area contributed by atoms with Crippen LogP contribution in [0.15, 0.2) is 28.8 Å². The first-order valence-corrected chi connectivity index (χ1v) is 10.8. The van der Waals surface area contributed by atoms with Crippen LogP contribution in [0.1, 0.15) is 63.2 Å². The van der Waals surface area contributed by atoms with Crippen LogP contribution in [0, 0.1) is 0 Å². The summed E-state index contributed by atoms with van der Waals surface area (Å²) >= 11 is 0. The van der Waals surface area contributed by atoms with Crippen LogP contribution in [0.5, 0.6) is 0 Å². The number of aromatic nitrogens is 2. The van der Waals surface area contributed by atoms with Gasteiger partial charge in [-0.15, -0.1) is 0 Å². The van der Waals surface area contributed by atoms with Crippen molar-refractivity contribution in [1.29, 1.82) is 0 Å². The molecule has 6 nitrogen and oxygen atoms in total. The molecule has 0 radical (unpaired) electrons. The van der Waals surface area contributed by atoms with Gasteiger partial charge in [0.15, 0.2) is 0 Å². The van der Waals surface area contributed by atoms with Gasteiger partial charge >= 0.3 is 0 Å². The lowest BCUT2D eigenvalue weighted by Crippen LogP contribution is -2.34. The summed E-state index contributed by atoms with van der Waals surface area (Å²) < 4.78 is 5.56. The van der Waals surface area contributed by atoms with E-state index in [-0.39, 0.29) is 11.8 Å². The van der Waals surface area contributed by atoms with Gasteiger partial charge in [0.2, 0.25) is 17.6 Å². The molecule has 1 aromatic heterocycles. The Bertz CT molecular complexity index is 819. The SMILES string of the molecule is O=C1CC(c2nc(-c3ccc(N4CCCCC4)cc3)no2)CN1C1CCCC1. The summed E-state index contributed by atoms with van der Waals surface area (Å²) in [7, 11) is 0. The number of nitrogens with zero attached hydrogens (tertiary/aromatic N) is 4. The van der Waals surface area contributed by atoms with Gasteiger partial charge in [0, 0.05) is 43.3 Å². The van der Waals surface area contributed by atoms with Crippen molar-refractivity contribution in [2.24, 2.45) is 0 Å². The first-order chi connectivity index (χ1) is 13.8. The summed E-state index contributed by atoms with van der Waals surface area (Å²) in [6.07, 6.45) is 9.11. The first-order valence-electron chi connectivity index (χ1n) is 10.8. The van der Waals surface area contributed by atoms with E-state index >= 15 is 0 Å². The minimum atomic E-state index is 0.0296. The molecule has 1 atom stereocenters. The molecule has 1 amide bonds. The molecule has 1 aliphatic carbocycles. The lowest BCUT2D eigenvalue weighted by Gasteiger charge is -2.28. The van der Waals surface area contributed by atoms with Gasteiger partial charge in [0.05, 0.1) is 5.92 Å². The smallest absolute Gasteiger partial charge is 0.232 e. The van der Waals surface area contributed by atoms with Gasteiger partial charge in [0.25, 0.3) is 0 Å². The second-order valence-electron chi connectivity index (χ2n) is 8.44. The van der Waals surface area contributed by atoms with Gasteiger partial charge in [-0.1, -0.05) is 18.0 Å². The lowest BCUT2D eigenvalue weighted by atomic mass is 10.1. The molecule has 5 rings (SSSR count). The van der Waals surface area contributed by atoms with Crippen LogP contribution in [0.4, 0.5) is 5.69 Å². The quantitative estimate of drug-likeness (QED) is 0.803. The summed E-state index contributed by atoms with van der Waals surface area (Å²) in [6.45, 7) is 3.00. The summed E-state index contributed by atoms with van der Waals surface area (Å²) in [5, 5.41) is 4.19. The van der Waals surface area contributed by atoms with Gasteiger partial charge in [-0.2, -0.15) is 4.98 Å². The number of carbonyl (C=O) groups is 1. The largest absolute Gasteiger partial charge is 0.372 e. The molecular weight excluding hydrogens is 352 g/mol. The summed E-state index contributed by atoms with van der Waals surface area (Å²) in [6, 6.07) is 8.86. The van der Waals surface area contributed by atoms with Crippen LogP contribution in [0.25, 0.3) is 11.4 Å². The van der Waals surface area contributed by atoms with E-state index in [1.807, 2.05) is 0 Å². The van der Waals surface area contributed by atoms with E-state index in [4.69, 9.17) is 4.52 Å². The molecule has 3 heterocycles. The van der Waals surface area contributed by atoms with E-state index in [1.165, 1.54) is 37.8 Å². The Labute approximate surface area is 165 Å². The number of amides is 1. The Kier molecular flexibility index (Phi) is 4.79. The standard InChI is InChI=1S/C22H28N4O2/c27-20-14-17(15-26(20)19-6-2-3-7-19)22-23-21(24-28-22)16-8-10-18(11-9-16)25-12-4-1-5-13-25/h8-11,17,19H,1-7,12-15H2. The maximum Gasteiger partial charge on any atom is 0.232 e. The van der Waals surface area contributed by atoms with Gasteiger partial charge in [-0.3, -0.25) is 4.79 Å². The highest BCUT2D eigenvalue weighted by molar-refractivity contribution is 5.80. The van der Waals surface area contributed by atoms with E-state index in [9.17, 15) is 4.79 Å². The Morgan fingerprint density at radius 2 is 1.71 bits per heavy atom. The molecule has 1 unspecified atom stereocenters. The van der Waals surface area contributed by atoms with Crippen LogP contribution in [0.2, 0.25) is 0 Å². The van der Waals surface area contributed by atoms with Crippen LogP contribution in [-0.4, -0.2) is 46.6 Å². The van der Waals surface area contributed by atoms with Gasteiger partial charge in [-0.05, 0) is 56.4 Å². The van der Waals surface area contributed by atoms with Crippen molar-refractivity contribution in [2.45, 2.75) is 63.3 Å². The average molecular weight is 380 g/mol. The maximum atomic E-state index is 12.4. The van der Waals surface area contributed by atoms with Crippen molar-refractivity contribution in [3.8, 4) is 11.4 Å². The molecule has 6 heteroatoms. The second-order valence-corrected chi connectivity index (χ2v) is 8.44. The molecule has 3 aliphatic rings. The molecule has 1 saturated carbocycles. The molecule has 0 N–H and O–H groups in total. The number of likely N-dealkylation sites (tertiary alicyclic amines) is 1. The summed E-state index contributed by atoms with van der Waals surface area (Å²) in [4.78, 5) is 21.6. The Morgan fingerprint density at radius 3 is 2.46 bits per heavy atom. The zero-order chi connectivity index (χ0) is 18.9. The molecule has 2 aliphatic heterocycles. The highest BCUT2D eigenvalue weighted by Crippen LogP contribution is 2.34. The fraction of sp³-hybridized carbons (Fsp3) is 0.591. The van der Waals surface area contributed by atoms with Crippen molar-refractivity contribution in [2.75, 3.05) is 24.5 Å². The van der Waals surface area contributed by atoms with E-state index in [1.54, 1.807) is 0 Å². The number of benzene rings is 1. The topological polar surface area (TPSA) is 62.5 Å². The van der Waals surface area contributed by atoms with Crippen molar-refractivity contribution in [1.82, 2.24) is 15.0 Å². The number of carbonyl (C=O) groups excluding carboxylic acids is 1. The van der Waals surface area contributed by atoms with Crippen molar-refractivity contribution in [3.63, 3.8) is 0 Å². The van der Waals surface area contributed by atoms with Crippen molar-refractivity contribution >= 4 is 11.6 Å². The van der Waals surface area contributed by atoms with Gasteiger partial charge < -0.3 is 14.3 Å². The van der Waals surface area contributed by atoms with Crippen molar-refractivity contribution in [3.05, 3.63) is 30.2 Å². The number of anilines is 1. The molecule has 28 heavy (non-hydrogen) atoms. The number of hydrogen-bond donors (Lipinski definition) is 0. The molecule has 0 bridgehead atoms. The molecule has 0 spiro atoms. The lowest BCUT2D eigenvalue weighted by molar-refractivity contribution is -0.129. The maximum absolute atomic E-state index is 12.4. The molecular formula is C22H28N4O2. The molecule has 3 fully saturated rings. The monoisotopic (exact) mass is 380 g/mol. The third-order valence-electron chi connectivity index (χ3n) is 6.56. The fourth-order valence-electron chi connectivity index (χ4n) is 4.96. The third-order valence-corrected chi connectivity index (χ3v) is 6.56. The predicted octanol–water partition coefficient (Wildman–Crippen LogP) is 3.99. The van der Waals surface area contributed by atoms with E-state index in [2.05, 4.69) is 44.2 Å². The molecule has 148 valence electrons. The minimum absolute atomic E-state index is 0.0296. The molecule has 2 aromatic rings. The predicted molar refractivity (Wildman–Crippen MR) is 107 cm³/mol. The van der Waals surface area contributed by atoms with Gasteiger partial charge in [-0.25, -0.2) is 0 Å². The summed E-state index contributed by atoms with van der Waals surface area (Å²) in [5.41, 5.74) is 2.23. The van der Waals surface area contributed by atoms with Crippen molar-refractivity contribution < 1.29 is 9.32 Å². The van der Waals surface area contributed by atoms with Crippen LogP contribution in [0.3, 0.4) is 0 Å². The van der Waals surface area contributed by atoms with E-state index in [0.717, 1.165) is 38.0 Å². The zero-order valence-corrected chi connectivity index (χ0v) is 16.3.